The summed E-state index contributed by atoms with van der Waals surface area (Å²) in [5.41, 5.74) is 2.79. The second kappa shape index (κ2) is 9.27. The molecule has 5 rings (SSSR count). The van der Waals surface area contributed by atoms with Gasteiger partial charge < -0.3 is 14.8 Å². The lowest BCUT2D eigenvalue weighted by molar-refractivity contribution is -0.143. The van der Waals surface area contributed by atoms with Gasteiger partial charge in [0.2, 0.25) is 5.91 Å². The third-order valence-electron chi connectivity index (χ3n) is 6.58. The molecule has 4 aromatic rings. The first-order valence-electron chi connectivity index (χ1n) is 11.8. The number of aryl methyl sites for hydroxylation is 1. The van der Waals surface area contributed by atoms with E-state index in [1.807, 2.05) is 24.3 Å². The van der Waals surface area contributed by atoms with E-state index < -0.39 is 23.9 Å². The van der Waals surface area contributed by atoms with Crippen molar-refractivity contribution in [3.8, 4) is 0 Å². The molecule has 2 atom stereocenters. The number of halogens is 2. The fourth-order valence-electron chi connectivity index (χ4n) is 4.71. The molecule has 3 heterocycles. The van der Waals surface area contributed by atoms with E-state index >= 15 is 0 Å². The molecule has 1 aliphatic rings. The molecule has 2 aromatic heterocycles. The van der Waals surface area contributed by atoms with Crippen LogP contribution in [0.25, 0.3) is 10.9 Å². The van der Waals surface area contributed by atoms with Crippen LogP contribution in [0.5, 0.6) is 0 Å². The Morgan fingerprint density at radius 1 is 1.11 bits per heavy atom. The lowest BCUT2D eigenvalue weighted by Gasteiger charge is -2.29. The summed E-state index contributed by atoms with van der Waals surface area (Å²) < 4.78 is 30.6. The van der Waals surface area contributed by atoms with Crippen LogP contribution in [-0.4, -0.2) is 38.1 Å². The van der Waals surface area contributed by atoms with Crippen LogP contribution in [0.4, 0.5) is 14.5 Å². The number of anilines is 1. The number of rotatable bonds is 6. The SMILES string of the molecule is Cn1ccc(Cn2ncc3cc(N4C(=O)C[C@H](NC(=O)C(C)(F)F)C4c4ccccc4)ccc32)cc1=O. The molecule has 1 fully saturated rings. The number of nitrogens with zero attached hydrogens (tertiary/aromatic N) is 4. The monoisotopic (exact) mass is 505 g/mol. The Hall–Kier alpha value is -4.34. The number of alkyl halides is 2. The van der Waals surface area contributed by atoms with Crippen LogP contribution < -0.4 is 15.8 Å². The molecule has 0 radical (unpaired) electrons. The van der Waals surface area contributed by atoms with Gasteiger partial charge in [0.05, 0.1) is 30.3 Å². The average Bonchev–Trinajstić information content (AvgIpc) is 3.41. The summed E-state index contributed by atoms with van der Waals surface area (Å²) in [6.45, 7) is 0.931. The molecule has 1 saturated heterocycles. The van der Waals surface area contributed by atoms with E-state index in [-0.39, 0.29) is 17.9 Å². The van der Waals surface area contributed by atoms with Gasteiger partial charge >= 0.3 is 5.92 Å². The summed E-state index contributed by atoms with van der Waals surface area (Å²) >= 11 is 0. The van der Waals surface area contributed by atoms with E-state index in [4.69, 9.17) is 0 Å². The van der Waals surface area contributed by atoms with Crippen molar-refractivity contribution in [1.29, 1.82) is 0 Å². The molecule has 0 aliphatic carbocycles. The Morgan fingerprint density at radius 2 is 1.86 bits per heavy atom. The molecule has 1 aliphatic heterocycles. The maximum atomic E-state index is 13.7. The number of benzene rings is 2. The van der Waals surface area contributed by atoms with Crippen LogP contribution in [-0.2, 0) is 23.2 Å². The molecule has 1 unspecified atom stereocenters. The first-order valence-corrected chi connectivity index (χ1v) is 11.8. The van der Waals surface area contributed by atoms with Crippen molar-refractivity contribution in [2.24, 2.45) is 7.05 Å². The second-order valence-corrected chi connectivity index (χ2v) is 9.32. The van der Waals surface area contributed by atoms with E-state index in [9.17, 15) is 23.2 Å². The normalized spacial score (nSPS) is 17.9. The van der Waals surface area contributed by atoms with E-state index in [2.05, 4.69) is 10.4 Å². The second-order valence-electron chi connectivity index (χ2n) is 9.32. The summed E-state index contributed by atoms with van der Waals surface area (Å²) in [6.07, 6.45) is 3.27. The predicted octanol–water partition coefficient (Wildman–Crippen LogP) is 3.40. The van der Waals surface area contributed by atoms with Crippen LogP contribution in [0.2, 0.25) is 0 Å². The summed E-state index contributed by atoms with van der Waals surface area (Å²) in [5, 5.41) is 7.60. The van der Waals surface area contributed by atoms with Crippen molar-refractivity contribution in [2.75, 3.05) is 4.90 Å². The molecule has 0 saturated carbocycles. The summed E-state index contributed by atoms with van der Waals surface area (Å²) in [6, 6.07) is 16.4. The average molecular weight is 506 g/mol. The van der Waals surface area contributed by atoms with E-state index in [0.717, 1.165) is 22.0 Å². The molecule has 1 N–H and O–H groups in total. The molecule has 0 spiro atoms. The van der Waals surface area contributed by atoms with Gasteiger partial charge in [-0.15, -0.1) is 0 Å². The molecule has 8 nitrogen and oxygen atoms in total. The summed E-state index contributed by atoms with van der Waals surface area (Å²) in [5.74, 6) is -5.26. The van der Waals surface area contributed by atoms with Crippen molar-refractivity contribution in [1.82, 2.24) is 19.7 Å². The lowest BCUT2D eigenvalue weighted by atomic mass is 9.99. The smallest absolute Gasteiger partial charge is 0.321 e. The number of hydrogen-bond donors (Lipinski definition) is 1. The quantitative estimate of drug-likeness (QED) is 0.435. The van der Waals surface area contributed by atoms with Gasteiger partial charge in [-0.05, 0) is 35.4 Å². The minimum absolute atomic E-state index is 0.109. The summed E-state index contributed by atoms with van der Waals surface area (Å²) in [7, 11) is 1.68. The minimum Gasteiger partial charge on any atom is -0.345 e. The highest BCUT2D eigenvalue weighted by atomic mass is 19.3. The van der Waals surface area contributed by atoms with Crippen LogP contribution in [0.1, 0.15) is 30.5 Å². The number of amides is 2. The predicted molar refractivity (Wildman–Crippen MR) is 134 cm³/mol. The fourth-order valence-corrected chi connectivity index (χ4v) is 4.71. The van der Waals surface area contributed by atoms with Gasteiger partial charge in [-0.25, -0.2) is 0 Å². The maximum Gasteiger partial charge on any atom is 0.321 e. The van der Waals surface area contributed by atoms with Gasteiger partial charge in [-0.1, -0.05) is 30.3 Å². The molecule has 0 bridgehead atoms. The molecule has 10 heteroatoms. The first kappa shape index (κ1) is 24.4. The van der Waals surface area contributed by atoms with Crippen molar-refractivity contribution < 1.29 is 18.4 Å². The van der Waals surface area contributed by atoms with Crippen LogP contribution in [0.3, 0.4) is 0 Å². The third-order valence-corrected chi connectivity index (χ3v) is 6.58. The van der Waals surface area contributed by atoms with E-state index in [1.165, 1.54) is 4.57 Å². The molecule has 37 heavy (non-hydrogen) atoms. The van der Waals surface area contributed by atoms with Crippen molar-refractivity contribution in [3.05, 3.63) is 94.5 Å². The maximum absolute atomic E-state index is 13.7. The molecular weight excluding hydrogens is 480 g/mol. The number of carbonyl (C=O) groups excluding carboxylic acids is 2. The first-order chi connectivity index (χ1) is 17.6. The number of aromatic nitrogens is 3. The van der Waals surface area contributed by atoms with E-state index in [0.29, 0.717) is 19.2 Å². The number of nitrogens with one attached hydrogen (secondary N) is 1. The summed E-state index contributed by atoms with van der Waals surface area (Å²) in [4.78, 5) is 38.8. The van der Waals surface area contributed by atoms with Crippen molar-refractivity contribution >= 4 is 28.4 Å². The zero-order valence-electron chi connectivity index (χ0n) is 20.3. The van der Waals surface area contributed by atoms with Gasteiger partial charge in [-0.3, -0.25) is 19.1 Å². The largest absolute Gasteiger partial charge is 0.345 e. The number of carbonyl (C=O) groups is 2. The fraction of sp³-hybridized carbons (Fsp3) is 0.259. The van der Waals surface area contributed by atoms with Crippen LogP contribution in [0, 0.1) is 0 Å². The lowest BCUT2D eigenvalue weighted by Crippen LogP contribution is -2.46. The Kier molecular flexibility index (Phi) is 6.10. The highest BCUT2D eigenvalue weighted by Gasteiger charge is 2.45. The highest BCUT2D eigenvalue weighted by molar-refractivity contribution is 6.00. The number of pyridine rings is 1. The Bertz CT molecular complexity index is 1540. The molecule has 190 valence electrons. The van der Waals surface area contributed by atoms with Gasteiger partial charge in [0.25, 0.3) is 11.5 Å². The van der Waals surface area contributed by atoms with Crippen LogP contribution >= 0.6 is 0 Å². The van der Waals surface area contributed by atoms with Crippen molar-refractivity contribution in [2.45, 2.75) is 37.9 Å². The zero-order valence-corrected chi connectivity index (χ0v) is 20.3. The highest BCUT2D eigenvalue weighted by Crippen LogP contribution is 2.38. The molecular formula is C27H25F2N5O3. The molecule has 2 amide bonds. The van der Waals surface area contributed by atoms with Gasteiger partial charge in [0.15, 0.2) is 0 Å². The standard InChI is InChI=1S/C27H25F2N5O3/c1-27(28,29)26(37)31-21-14-24(36)34(25(21)18-6-4-3-5-7-18)20-8-9-22-19(13-20)15-30-33(22)16-17-10-11-32(2)23(35)12-17/h3-13,15,21,25H,14,16H2,1-2H3,(H,31,37)/t21-,25?/m0/s1. The number of hydrogen-bond acceptors (Lipinski definition) is 4. The molecule has 2 aromatic carbocycles. The van der Waals surface area contributed by atoms with E-state index in [1.54, 1.807) is 65.4 Å². The number of fused-ring (bicyclic) bond motifs is 1. The zero-order chi connectivity index (χ0) is 26.3. The van der Waals surface area contributed by atoms with Gasteiger partial charge in [0.1, 0.15) is 0 Å². The Balaban J connectivity index is 1.49. The topological polar surface area (TPSA) is 89.2 Å². The van der Waals surface area contributed by atoms with Crippen LogP contribution in [0.15, 0.2) is 77.9 Å². The Morgan fingerprint density at radius 3 is 2.57 bits per heavy atom. The van der Waals surface area contributed by atoms with Gasteiger partial charge in [-0.2, -0.15) is 13.9 Å². The Labute approximate surface area is 211 Å². The minimum atomic E-state index is -3.56. The van der Waals surface area contributed by atoms with Crippen molar-refractivity contribution in [3.63, 3.8) is 0 Å². The third kappa shape index (κ3) is 4.74. The van der Waals surface area contributed by atoms with Gasteiger partial charge in [0, 0.05) is 43.7 Å².